The van der Waals surface area contributed by atoms with Gasteiger partial charge in [0, 0.05) is 31.9 Å². The van der Waals surface area contributed by atoms with Gasteiger partial charge in [-0.3, -0.25) is 4.79 Å². The van der Waals surface area contributed by atoms with E-state index in [1.54, 1.807) is 7.11 Å². The topological polar surface area (TPSA) is 52.5 Å². The predicted molar refractivity (Wildman–Crippen MR) is 77.6 cm³/mol. The number of carbonyl (C=O) groups is 1. The van der Waals surface area contributed by atoms with Crippen LogP contribution in [0.1, 0.15) is 0 Å². The first-order valence-corrected chi connectivity index (χ1v) is 6.68. The molecule has 0 aliphatic carbocycles. The van der Waals surface area contributed by atoms with E-state index in [0.29, 0.717) is 19.8 Å². The third kappa shape index (κ3) is 4.08. The number of fused-ring (bicyclic) bond motifs is 1. The number of benzene rings is 1. The van der Waals surface area contributed by atoms with E-state index in [0.717, 1.165) is 6.54 Å². The zero-order chi connectivity index (χ0) is 14.2. The fraction of sp³-hybridized carbons (Fsp3) is 0.400. The van der Waals surface area contributed by atoms with Crippen molar-refractivity contribution in [3.8, 4) is 0 Å². The number of ether oxygens (including phenoxy) is 2. The van der Waals surface area contributed by atoms with Crippen LogP contribution in [0.15, 0.2) is 36.5 Å². The van der Waals surface area contributed by atoms with Gasteiger partial charge in [-0.25, -0.2) is 0 Å². The molecule has 0 spiro atoms. The monoisotopic (exact) mass is 276 g/mol. The van der Waals surface area contributed by atoms with E-state index >= 15 is 0 Å². The zero-order valence-corrected chi connectivity index (χ0v) is 11.7. The second kappa shape index (κ2) is 7.67. The van der Waals surface area contributed by atoms with Gasteiger partial charge in [0.25, 0.3) is 0 Å². The molecule has 1 aromatic carbocycles. The lowest BCUT2D eigenvalue weighted by Crippen LogP contribution is -2.30. The van der Waals surface area contributed by atoms with E-state index in [2.05, 4.69) is 28.1 Å². The number of hydrogen-bond acceptors (Lipinski definition) is 3. The molecule has 0 radical (unpaired) electrons. The number of rotatable bonds is 8. The minimum Gasteiger partial charge on any atom is -0.382 e. The van der Waals surface area contributed by atoms with E-state index in [-0.39, 0.29) is 12.5 Å². The minimum absolute atomic E-state index is 0.0792. The zero-order valence-electron chi connectivity index (χ0n) is 11.7. The van der Waals surface area contributed by atoms with Gasteiger partial charge in [-0.1, -0.05) is 18.2 Å². The molecule has 0 saturated carbocycles. The number of aromatic nitrogens is 1. The summed E-state index contributed by atoms with van der Waals surface area (Å²) >= 11 is 0. The van der Waals surface area contributed by atoms with Crippen molar-refractivity contribution in [2.24, 2.45) is 0 Å². The summed E-state index contributed by atoms with van der Waals surface area (Å²) in [6, 6.07) is 10.3. The highest BCUT2D eigenvalue weighted by molar-refractivity contribution is 5.80. The fourth-order valence-electron chi connectivity index (χ4n) is 2.01. The number of nitrogens with zero attached hydrogens (tertiary/aromatic N) is 1. The van der Waals surface area contributed by atoms with E-state index in [1.807, 2.05) is 18.3 Å². The van der Waals surface area contributed by atoms with Crippen molar-refractivity contribution in [2.75, 3.05) is 33.5 Å². The summed E-state index contributed by atoms with van der Waals surface area (Å²) in [5.74, 6) is -0.0995. The second-order valence-electron chi connectivity index (χ2n) is 4.46. The first kappa shape index (κ1) is 14.6. The van der Waals surface area contributed by atoms with Crippen molar-refractivity contribution in [3.05, 3.63) is 36.5 Å². The van der Waals surface area contributed by atoms with Crippen LogP contribution in [0, 0.1) is 0 Å². The minimum atomic E-state index is -0.0995. The maximum atomic E-state index is 11.5. The summed E-state index contributed by atoms with van der Waals surface area (Å²) in [7, 11) is 1.60. The molecule has 1 N–H and O–H groups in total. The summed E-state index contributed by atoms with van der Waals surface area (Å²) in [5, 5.41) is 4.05. The van der Waals surface area contributed by atoms with E-state index in [4.69, 9.17) is 9.47 Å². The lowest BCUT2D eigenvalue weighted by atomic mass is 10.2. The first-order chi connectivity index (χ1) is 9.81. The highest BCUT2D eigenvalue weighted by Crippen LogP contribution is 2.14. The molecular formula is C15H20N2O3. The van der Waals surface area contributed by atoms with Crippen LogP contribution in [-0.2, 0) is 20.8 Å². The number of carbonyl (C=O) groups excluding carboxylic acids is 1. The highest BCUT2D eigenvalue weighted by Gasteiger charge is 2.02. The van der Waals surface area contributed by atoms with Gasteiger partial charge in [0.1, 0.15) is 6.61 Å². The Morgan fingerprint density at radius 2 is 2.10 bits per heavy atom. The number of methoxy groups -OCH3 is 1. The van der Waals surface area contributed by atoms with Crippen molar-refractivity contribution in [1.82, 2.24) is 9.88 Å². The Hall–Kier alpha value is -1.85. The van der Waals surface area contributed by atoms with E-state index in [1.165, 1.54) is 10.9 Å². The van der Waals surface area contributed by atoms with E-state index < -0.39 is 0 Å². The van der Waals surface area contributed by atoms with Crippen LogP contribution in [0.4, 0.5) is 0 Å². The molecule has 0 atom stereocenters. The van der Waals surface area contributed by atoms with Gasteiger partial charge in [-0.2, -0.15) is 0 Å². The summed E-state index contributed by atoms with van der Waals surface area (Å²) in [6.07, 6.45) is 2.03. The molecule has 2 aromatic rings. The van der Waals surface area contributed by atoms with Gasteiger partial charge < -0.3 is 19.4 Å². The molecule has 0 aliphatic rings. The molecule has 0 unspecified atom stereocenters. The molecule has 5 heteroatoms. The van der Waals surface area contributed by atoms with Gasteiger partial charge in [-0.05, 0) is 17.5 Å². The molecule has 0 bridgehead atoms. The van der Waals surface area contributed by atoms with Crippen LogP contribution in [0.2, 0.25) is 0 Å². The quantitative estimate of drug-likeness (QED) is 0.742. The number of nitrogens with one attached hydrogen (secondary N) is 1. The Bertz CT molecular complexity index is 551. The van der Waals surface area contributed by atoms with Crippen molar-refractivity contribution in [1.29, 1.82) is 0 Å². The SMILES string of the molecule is COCCOCC(=O)NCCn1ccc2ccccc21. The molecule has 1 heterocycles. The smallest absolute Gasteiger partial charge is 0.246 e. The average Bonchev–Trinajstić information content (AvgIpc) is 2.87. The van der Waals surface area contributed by atoms with Gasteiger partial charge in [0.05, 0.1) is 13.2 Å². The van der Waals surface area contributed by atoms with Crippen LogP contribution in [0.5, 0.6) is 0 Å². The molecule has 1 aromatic heterocycles. The Balaban J connectivity index is 1.71. The first-order valence-electron chi connectivity index (χ1n) is 6.68. The molecule has 5 nitrogen and oxygen atoms in total. The van der Waals surface area contributed by atoms with Crippen LogP contribution in [-0.4, -0.2) is 43.9 Å². The van der Waals surface area contributed by atoms with Crippen molar-refractivity contribution >= 4 is 16.8 Å². The van der Waals surface area contributed by atoms with Crippen LogP contribution in [0.3, 0.4) is 0 Å². The highest BCUT2D eigenvalue weighted by atomic mass is 16.5. The maximum absolute atomic E-state index is 11.5. The third-order valence-corrected chi connectivity index (χ3v) is 3.02. The summed E-state index contributed by atoms with van der Waals surface area (Å²) in [6.45, 7) is 2.35. The van der Waals surface area contributed by atoms with Gasteiger partial charge in [-0.15, -0.1) is 0 Å². The lowest BCUT2D eigenvalue weighted by Gasteiger charge is -2.08. The number of para-hydroxylation sites is 1. The summed E-state index contributed by atoms with van der Waals surface area (Å²) in [5.41, 5.74) is 1.18. The predicted octanol–water partition coefficient (Wildman–Crippen LogP) is 1.42. The van der Waals surface area contributed by atoms with Gasteiger partial charge in [0.15, 0.2) is 0 Å². The maximum Gasteiger partial charge on any atom is 0.246 e. The molecular weight excluding hydrogens is 256 g/mol. The van der Waals surface area contributed by atoms with Crippen molar-refractivity contribution in [2.45, 2.75) is 6.54 Å². The standard InChI is InChI=1S/C15H20N2O3/c1-19-10-11-20-12-15(18)16-7-9-17-8-6-13-4-2-3-5-14(13)17/h2-6,8H,7,9-12H2,1H3,(H,16,18). The Morgan fingerprint density at radius 3 is 2.95 bits per heavy atom. The molecule has 0 fully saturated rings. The Morgan fingerprint density at radius 1 is 1.25 bits per heavy atom. The normalized spacial score (nSPS) is 10.8. The average molecular weight is 276 g/mol. The largest absolute Gasteiger partial charge is 0.382 e. The van der Waals surface area contributed by atoms with Crippen molar-refractivity contribution in [3.63, 3.8) is 0 Å². The second-order valence-corrected chi connectivity index (χ2v) is 4.46. The van der Waals surface area contributed by atoms with Crippen LogP contribution < -0.4 is 5.32 Å². The van der Waals surface area contributed by atoms with E-state index in [9.17, 15) is 4.79 Å². The number of hydrogen-bond donors (Lipinski definition) is 1. The van der Waals surface area contributed by atoms with Gasteiger partial charge >= 0.3 is 0 Å². The molecule has 0 aliphatic heterocycles. The summed E-state index contributed by atoms with van der Waals surface area (Å²) in [4.78, 5) is 11.5. The van der Waals surface area contributed by atoms with Crippen molar-refractivity contribution < 1.29 is 14.3 Å². The third-order valence-electron chi connectivity index (χ3n) is 3.02. The van der Waals surface area contributed by atoms with Crippen LogP contribution >= 0.6 is 0 Å². The Labute approximate surface area is 118 Å². The Kier molecular flexibility index (Phi) is 5.58. The van der Waals surface area contributed by atoms with Crippen LogP contribution in [0.25, 0.3) is 10.9 Å². The summed E-state index contributed by atoms with van der Waals surface area (Å²) < 4.78 is 12.1. The molecule has 2 rings (SSSR count). The molecule has 108 valence electrons. The molecule has 20 heavy (non-hydrogen) atoms. The fourth-order valence-corrected chi connectivity index (χ4v) is 2.01. The lowest BCUT2D eigenvalue weighted by molar-refractivity contribution is -0.126. The number of amides is 1. The molecule has 1 amide bonds. The van der Waals surface area contributed by atoms with Gasteiger partial charge in [0.2, 0.25) is 5.91 Å². The molecule has 0 saturated heterocycles.